The second-order valence-corrected chi connectivity index (χ2v) is 8.44. The lowest BCUT2D eigenvalue weighted by Gasteiger charge is -2.26. The zero-order valence-corrected chi connectivity index (χ0v) is 19.8. The Balaban J connectivity index is 1.54. The Bertz CT molecular complexity index is 1580. The first-order valence-electron chi connectivity index (χ1n) is 11.7. The third-order valence-corrected chi connectivity index (χ3v) is 6.14. The van der Waals surface area contributed by atoms with Crippen LogP contribution < -0.4 is 4.90 Å². The van der Waals surface area contributed by atoms with E-state index in [4.69, 9.17) is 6.57 Å². The van der Waals surface area contributed by atoms with Crippen molar-refractivity contribution in [2.45, 2.75) is 0 Å². The van der Waals surface area contributed by atoms with Gasteiger partial charge in [-0.3, -0.25) is 0 Å². The SMILES string of the molecule is [C-]#[N+]c1cccc(-c2ccc(N(c3ccc(C#N)cc3)c3ccc(-c4cccc(C#N)c4)cc3)cc2)c1. The molecule has 172 valence electrons. The van der Waals surface area contributed by atoms with Gasteiger partial charge in [0, 0.05) is 17.1 Å². The van der Waals surface area contributed by atoms with Gasteiger partial charge in [0.15, 0.2) is 5.69 Å². The standard InChI is InChI=1S/C33H20N4/c1-36-30-7-3-6-29(21-30)27-12-18-33(19-13-27)37(31-14-8-24(22-34)9-15-31)32-16-10-26(11-17-32)28-5-2-4-25(20-28)23-35/h2-21H. The number of anilines is 3. The maximum Gasteiger partial charge on any atom is 0.187 e. The minimum Gasteiger partial charge on any atom is -0.311 e. The van der Waals surface area contributed by atoms with E-state index in [0.717, 1.165) is 39.3 Å². The molecular weight excluding hydrogens is 452 g/mol. The first-order valence-corrected chi connectivity index (χ1v) is 11.7. The third-order valence-electron chi connectivity index (χ3n) is 6.14. The smallest absolute Gasteiger partial charge is 0.187 e. The summed E-state index contributed by atoms with van der Waals surface area (Å²) in [6, 6.07) is 43.5. The van der Waals surface area contributed by atoms with Crippen LogP contribution in [0.5, 0.6) is 0 Å². The highest BCUT2D eigenvalue weighted by Gasteiger charge is 2.13. The fraction of sp³-hybridized carbons (Fsp3) is 0. The highest BCUT2D eigenvalue weighted by Crippen LogP contribution is 2.37. The lowest BCUT2D eigenvalue weighted by molar-refractivity contribution is 1.28. The molecule has 0 saturated carbocycles. The quantitative estimate of drug-likeness (QED) is 0.240. The van der Waals surface area contributed by atoms with Crippen LogP contribution in [0.15, 0.2) is 121 Å². The topological polar surface area (TPSA) is 55.2 Å². The van der Waals surface area contributed by atoms with Crippen LogP contribution in [0.4, 0.5) is 22.7 Å². The van der Waals surface area contributed by atoms with E-state index >= 15 is 0 Å². The van der Waals surface area contributed by atoms with Gasteiger partial charge >= 0.3 is 0 Å². The number of hydrogen-bond donors (Lipinski definition) is 0. The Morgan fingerprint density at radius 1 is 0.514 bits per heavy atom. The molecule has 4 heteroatoms. The van der Waals surface area contributed by atoms with Gasteiger partial charge in [0.05, 0.1) is 29.8 Å². The minimum atomic E-state index is 0.603. The molecule has 0 spiro atoms. The van der Waals surface area contributed by atoms with Gasteiger partial charge < -0.3 is 4.90 Å². The Morgan fingerprint density at radius 3 is 1.51 bits per heavy atom. The molecule has 0 radical (unpaired) electrons. The zero-order valence-electron chi connectivity index (χ0n) is 19.8. The van der Waals surface area contributed by atoms with E-state index in [0.29, 0.717) is 16.8 Å². The Hall–Kier alpha value is -5.63. The number of rotatable bonds is 5. The van der Waals surface area contributed by atoms with Gasteiger partial charge in [0.1, 0.15) is 0 Å². The van der Waals surface area contributed by atoms with Crippen LogP contribution in [0.2, 0.25) is 0 Å². The molecule has 0 unspecified atom stereocenters. The summed E-state index contributed by atoms with van der Waals surface area (Å²) in [5.41, 5.74) is 8.74. The van der Waals surface area contributed by atoms with Gasteiger partial charge in [-0.25, -0.2) is 4.85 Å². The van der Waals surface area contributed by atoms with Crippen molar-refractivity contribution in [3.8, 4) is 34.4 Å². The predicted octanol–water partition coefficient (Wildman–Crippen LogP) is 8.78. The summed E-state index contributed by atoms with van der Waals surface area (Å²) < 4.78 is 0. The van der Waals surface area contributed by atoms with Crippen LogP contribution in [0.25, 0.3) is 27.1 Å². The first-order chi connectivity index (χ1) is 18.2. The van der Waals surface area contributed by atoms with Crippen LogP contribution in [-0.4, -0.2) is 0 Å². The van der Waals surface area contributed by atoms with Gasteiger partial charge in [-0.2, -0.15) is 10.5 Å². The van der Waals surface area contributed by atoms with Crippen molar-refractivity contribution < 1.29 is 0 Å². The monoisotopic (exact) mass is 472 g/mol. The van der Waals surface area contributed by atoms with Gasteiger partial charge in [0.25, 0.3) is 0 Å². The van der Waals surface area contributed by atoms with Gasteiger partial charge in [-0.05, 0) is 89.0 Å². The Kier molecular flexibility index (Phi) is 6.45. The second kappa shape index (κ2) is 10.3. The number of nitriles is 2. The predicted molar refractivity (Wildman–Crippen MR) is 148 cm³/mol. The first kappa shape index (κ1) is 23.1. The van der Waals surface area contributed by atoms with E-state index in [9.17, 15) is 10.5 Å². The molecule has 4 nitrogen and oxygen atoms in total. The number of nitrogens with zero attached hydrogens (tertiary/aromatic N) is 4. The molecule has 0 heterocycles. The van der Waals surface area contributed by atoms with Gasteiger partial charge in [0.2, 0.25) is 0 Å². The van der Waals surface area contributed by atoms with Crippen molar-refractivity contribution in [3.63, 3.8) is 0 Å². The molecule has 5 aromatic rings. The summed E-state index contributed by atoms with van der Waals surface area (Å²) >= 11 is 0. The Labute approximate surface area is 216 Å². The molecule has 0 N–H and O–H groups in total. The van der Waals surface area contributed by atoms with Crippen molar-refractivity contribution >= 4 is 22.7 Å². The summed E-state index contributed by atoms with van der Waals surface area (Å²) in [5, 5.41) is 18.5. The molecule has 5 aromatic carbocycles. The van der Waals surface area contributed by atoms with Crippen molar-refractivity contribution in [1.29, 1.82) is 10.5 Å². The average molecular weight is 473 g/mol. The van der Waals surface area contributed by atoms with Crippen LogP contribution in [-0.2, 0) is 0 Å². The summed E-state index contributed by atoms with van der Waals surface area (Å²) in [5.74, 6) is 0. The molecule has 0 aromatic heterocycles. The summed E-state index contributed by atoms with van der Waals surface area (Å²) in [7, 11) is 0. The van der Waals surface area contributed by atoms with Gasteiger partial charge in [-0.1, -0.05) is 54.6 Å². The van der Waals surface area contributed by atoms with E-state index in [-0.39, 0.29) is 0 Å². The number of hydrogen-bond acceptors (Lipinski definition) is 3. The third kappa shape index (κ3) is 4.94. The van der Waals surface area contributed by atoms with E-state index in [2.05, 4.69) is 58.3 Å². The molecule has 0 aliphatic rings. The molecule has 0 bridgehead atoms. The maximum absolute atomic E-state index is 9.25. The minimum absolute atomic E-state index is 0.603. The molecule has 5 rings (SSSR count). The number of benzene rings is 5. The lowest BCUT2D eigenvalue weighted by Crippen LogP contribution is -2.09. The molecule has 0 aliphatic carbocycles. The summed E-state index contributed by atoms with van der Waals surface area (Å²) in [6.45, 7) is 7.29. The molecule has 0 aliphatic heterocycles. The maximum atomic E-state index is 9.25. The molecule has 0 atom stereocenters. The van der Waals surface area contributed by atoms with E-state index in [1.54, 1.807) is 12.1 Å². The van der Waals surface area contributed by atoms with Crippen LogP contribution >= 0.6 is 0 Å². The Morgan fingerprint density at radius 2 is 1.00 bits per heavy atom. The van der Waals surface area contributed by atoms with Crippen LogP contribution in [0.1, 0.15) is 11.1 Å². The normalized spacial score (nSPS) is 10.1. The van der Waals surface area contributed by atoms with Gasteiger partial charge in [-0.15, -0.1) is 0 Å². The largest absolute Gasteiger partial charge is 0.311 e. The lowest BCUT2D eigenvalue weighted by atomic mass is 10.0. The molecule has 37 heavy (non-hydrogen) atoms. The fourth-order valence-electron chi connectivity index (χ4n) is 4.26. The second-order valence-electron chi connectivity index (χ2n) is 8.44. The summed E-state index contributed by atoms with van der Waals surface area (Å²) in [6.07, 6.45) is 0. The van der Waals surface area contributed by atoms with Crippen molar-refractivity contribution in [2.75, 3.05) is 4.90 Å². The van der Waals surface area contributed by atoms with E-state index < -0.39 is 0 Å². The van der Waals surface area contributed by atoms with E-state index in [1.807, 2.05) is 72.8 Å². The van der Waals surface area contributed by atoms with Crippen LogP contribution in [0, 0.1) is 29.2 Å². The average Bonchev–Trinajstić information content (AvgIpc) is 2.98. The highest BCUT2D eigenvalue weighted by molar-refractivity contribution is 5.80. The van der Waals surface area contributed by atoms with Crippen molar-refractivity contribution in [2.24, 2.45) is 0 Å². The highest BCUT2D eigenvalue weighted by atomic mass is 15.1. The zero-order chi connectivity index (χ0) is 25.6. The summed E-state index contributed by atoms with van der Waals surface area (Å²) in [4.78, 5) is 5.67. The molecule has 0 fully saturated rings. The van der Waals surface area contributed by atoms with Crippen molar-refractivity contribution in [1.82, 2.24) is 0 Å². The van der Waals surface area contributed by atoms with Crippen molar-refractivity contribution in [3.05, 3.63) is 144 Å². The molecule has 0 saturated heterocycles. The molecule has 0 amide bonds. The van der Waals surface area contributed by atoms with E-state index in [1.165, 1.54) is 0 Å². The molecular formula is C33H20N4. The van der Waals surface area contributed by atoms with Crippen LogP contribution in [0.3, 0.4) is 0 Å². The fourth-order valence-corrected chi connectivity index (χ4v) is 4.26.